The van der Waals surface area contributed by atoms with Gasteiger partial charge in [-0.05, 0) is 144 Å². The summed E-state index contributed by atoms with van der Waals surface area (Å²) in [5.41, 5.74) is 6.97. The number of para-hydroxylation sites is 2. The molecule has 0 amide bonds. The maximum Gasteiger partial charge on any atom is 2.00 e. The van der Waals surface area contributed by atoms with E-state index in [0.717, 1.165) is 93.4 Å². The fourth-order valence-corrected chi connectivity index (χ4v) is 6.33. The summed E-state index contributed by atoms with van der Waals surface area (Å²) in [5.74, 6) is 3.09. The number of piperazine rings is 1. The van der Waals surface area contributed by atoms with Crippen molar-refractivity contribution in [1.29, 1.82) is 0 Å². The number of nitrogens with zero attached hydrogens (tertiary/aromatic N) is 5. The molecule has 7 rings (SSSR count). The van der Waals surface area contributed by atoms with Crippen LogP contribution in [0.4, 0.5) is 5.82 Å². The second-order valence-corrected chi connectivity index (χ2v) is 12.1. The third-order valence-corrected chi connectivity index (χ3v) is 8.83. The summed E-state index contributed by atoms with van der Waals surface area (Å²) in [5, 5.41) is 3.71. The Bertz CT molecular complexity index is 1560. The molecule has 2 aromatic heterocycles. The van der Waals surface area contributed by atoms with E-state index in [2.05, 4.69) is 87.6 Å². The molecule has 0 bridgehead atoms. The van der Waals surface area contributed by atoms with Gasteiger partial charge >= 0.3 is 17.1 Å². The molecule has 3 aliphatic rings. The molecule has 8 heteroatoms. The molecule has 2 saturated carbocycles. The molecule has 3 heterocycles. The normalized spacial score (nSPS) is 17.5. The predicted octanol–water partition coefficient (Wildman–Crippen LogP) is 6.51. The quantitative estimate of drug-likeness (QED) is 0.105. The van der Waals surface area contributed by atoms with Crippen LogP contribution in [0.3, 0.4) is 0 Å². The van der Waals surface area contributed by atoms with Crippen molar-refractivity contribution in [2.45, 2.75) is 19.8 Å². The summed E-state index contributed by atoms with van der Waals surface area (Å²) in [7, 11) is 1.69. The minimum Gasteiger partial charge on any atom is -0.497 e. The number of nitrogens with one attached hydrogen (secondary N) is 1. The van der Waals surface area contributed by atoms with E-state index in [4.69, 9.17) is 9.72 Å². The maximum absolute atomic E-state index is 5.22. The van der Waals surface area contributed by atoms with Crippen molar-refractivity contribution in [3.63, 3.8) is 0 Å². The van der Waals surface area contributed by atoms with E-state index in [1.165, 1.54) is 22.6 Å². The topological polar surface area (TPSA) is 57.4 Å². The standard InChI is InChI=1S/C35H41N6O.C5H5.Fe/c1-27-26-41-32-12-6-5-11-31(32)38-35(34(41)33(27)29-9-3-4-10-29)37-18-8-20-40-23-21-39(22-24-40)19-7-17-36-25-28-13-15-30(42-2)16-14-28;1-2-4-5-3-1;/h3-6,9-16,25-26H,7-8,17-24H2,1-2H3,(H,37,38);1-5H;/q;;+2. The van der Waals surface area contributed by atoms with Crippen molar-refractivity contribution in [1.82, 2.24) is 19.2 Å². The summed E-state index contributed by atoms with van der Waals surface area (Å²) < 4.78 is 7.53. The molecule has 1 aliphatic heterocycles. The Hall–Kier alpha value is -2.90. The van der Waals surface area contributed by atoms with E-state index >= 15 is 0 Å². The van der Waals surface area contributed by atoms with Crippen LogP contribution in [0.2, 0.25) is 0 Å². The number of ether oxygens (including phenoxy) is 1. The van der Waals surface area contributed by atoms with E-state index in [0.29, 0.717) is 0 Å². The van der Waals surface area contributed by atoms with Gasteiger partial charge < -0.3 is 24.3 Å². The van der Waals surface area contributed by atoms with Crippen LogP contribution in [0, 0.1) is 70.6 Å². The van der Waals surface area contributed by atoms with Gasteiger partial charge in [0.1, 0.15) is 5.75 Å². The number of anilines is 1. The summed E-state index contributed by atoms with van der Waals surface area (Å²) >= 11 is 0. The van der Waals surface area contributed by atoms with Crippen molar-refractivity contribution >= 4 is 28.6 Å². The Morgan fingerprint density at radius 1 is 0.833 bits per heavy atom. The zero-order valence-electron chi connectivity index (χ0n) is 28.0. The van der Waals surface area contributed by atoms with Crippen LogP contribution in [-0.2, 0) is 17.1 Å². The van der Waals surface area contributed by atoms with Gasteiger partial charge in [0.15, 0.2) is 5.82 Å². The van der Waals surface area contributed by atoms with E-state index in [9.17, 15) is 0 Å². The molecular formula is C40H46FeN6O+2. The van der Waals surface area contributed by atoms with Gasteiger partial charge in [-0.15, -0.1) is 0 Å². The number of hydrogen-bond donors (Lipinski definition) is 1. The van der Waals surface area contributed by atoms with Crippen LogP contribution in [0.25, 0.3) is 16.6 Å². The zero-order chi connectivity index (χ0) is 32.3. The molecule has 1 saturated heterocycles. The first kappa shape index (κ1) is 36.4. The van der Waals surface area contributed by atoms with Crippen molar-refractivity contribution in [3.8, 4) is 5.75 Å². The first-order chi connectivity index (χ1) is 23.2. The molecule has 1 N–H and O–H groups in total. The third kappa shape index (κ3) is 9.62. The fraction of sp³-hybridized carbons (Fsp3) is 0.300. The summed E-state index contributed by atoms with van der Waals surface area (Å²) in [6, 6.07) is 16.4. The van der Waals surface area contributed by atoms with Gasteiger partial charge in [0.2, 0.25) is 0 Å². The number of methoxy groups -OCH3 is 1. The maximum atomic E-state index is 5.22. The van der Waals surface area contributed by atoms with E-state index in [1.807, 2.05) is 62.6 Å². The smallest absolute Gasteiger partial charge is 0.497 e. The van der Waals surface area contributed by atoms with Crippen molar-refractivity contribution in [2.24, 2.45) is 4.99 Å². The Morgan fingerprint density at radius 3 is 2.15 bits per heavy atom. The first-order valence-corrected chi connectivity index (χ1v) is 16.8. The Labute approximate surface area is 299 Å². The van der Waals surface area contributed by atoms with Crippen molar-refractivity contribution < 1.29 is 21.8 Å². The van der Waals surface area contributed by atoms with Crippen LogP contribution in [0.5, 0.6) is 5.75 Å². The van der Waals surface area contributed by atoms with E-state index in [1.54, 1.807) is 7.11 Å². The fourth-order valence-electron chi connectivity index (χ4n) is 6.33. The van der Waals surface area contributed by atoms with Crippen molar-refractivity contribution in [2.75, 3.05) is 64.8 Å². The monoisotopic (exact) mass is 682 g/mol. The predicted molar refractivity (Wildman–Crippen MR) is 195 cm³/mol. The molecule has 0 spiro atoms. The van der Waals surface area contributed by atoms with Gasteiger partial charge in [0.25, 0.3) is 0 Å². The number of aliphatic imine (C=N–C) groups is 1. The van der Waals surface area contributed by atoms with E-state index < -0.39 is 0 Å². The largest absolute Gasteiger partial charge is 2.00 e. The molecular weight excluding hydrogens is 636 g/mol. The second-order valence-electron chi connectivity index (χ2n) is 12.1. The van der Waals surface area contributed by atoms with Crippen molar-refractivity contribution in [3.05, 3.63) is 135 Å². The number of aryl methyl sites for hydroxylation is 1. The molecule has 10 radical (unpaired) electrons. The van der Waals surface area contributed by atoms with Gasteiger partial charge in [-0.1, -0.05) is 12.1 Å². The third-order valence-electron chi connectivity index (χ3n) is 8.83. The molecule has 0 unspecified atom stereocenters. The van der Waals surface area contributed by atoms with Gasteiger partial charge in [-0.25, -0.2) is 4.98 Å². The molecule has 48 heavy (non-hydrogen) atoms. The van der Waals surface area contributed by atoms with Gasteiger partial charge in [0, 0.05) is 57.6 Å². The second kappa shape index (κ2) is 18.7. The zero-order valence-corrected chi connectivity index (χ0v) is 29.1. The number of aromatic nitrogens is 2. The molecule has 2 aromatic carbocycles. The van der Waals surface area contributed by atoms with Crippen LogP contribution in [0.15, 0.2) is 59.7 Å². The van der Waals surface area contributed by atoms with E-state index in [-0.39, 0.29) is 17.1 Å². The SMILES string of the molecule is COc1ccc(C=NCCCN2CCN(CCCNc3nc4ccccc4n4cc(C)c([C]5[CH][CH][CH][CH]5)c34)CC2)cc1.[CH]1[CH][CH][CH][CH]1.[Fe+2]. The minimum absolute atomic E-state index is 0. The number of benzene rings is 2. The summed E-state index contributed by atoms with van der Waals surface area (Å²) in [6.07, 6.45) is 25.0. The van der Waals surface area contributed by atoms with Gasteiger partial charge in [-0.2, -0.15) is 0 Å². The average molecular weight is 683 g/mol. The Morgan fingerprint density at radius 2 is 1.48 bits per heavy atom. The average Bonchev–Trinajstić information content (AvgIpc) is 3.91. The summed E-state index contributed by atoms with van der Waals surface area (Å²) in [4.78, 5) is 14.9. The summed E-state index contributed by atoms with van der Waals surface area (Å²) in [6.45, 7) is 10.7. The van der Waals surface area contributed by atoms with Crippen LogP contribution >= 0.6 is 0 Å². The first-order valence-electron chi connectivity index (χ1n) is 16.8. The van der Waals surface area contributed by atoms with Gasteiger partial charge in [0.05, 0.1) is 23.7 Å². The molecule has 2 aliphatic carbocycles. The molecule has 4 aromatic rings. The Balaban J connectivity index is 0.000000689. The molecule has 3 fully saturated rings. The molecule has 7 nitrogen and oxygen atoms in total. The molecule has 248 valence electrons. The van der Waals surface area contributed by atoms with Gasteiger partial charge in [-0.3, -0.25) is 4.99 Å². The number of hydrogen-bond acceptors (Lipinski definition) is 6. The number of fused-ring (bicyclic) bond motifs is 3. The minimum atomic E-state index is 0. The molecule has 0 atom stereocenters. The van der Waals surface area contributed by atoms with Crippen LogP contribution < -0.4 is 10.1 Å². The number of rotatable bonds is 12. The van der Waals surface area contributed by atoms with Crippen LogP contribution in [0.1, 0.15) is 29.5 Å². The van der Waals surface area contributed by atoms with Crippen LogP contribution in [-0.4, -0.2) is 84.9 Å². The Kier molecular flexibility index (Phi) is 14.2.